The Bertz CT molecular complexity index is 1200. The number of nitrogens with one attached hydrogen (secondary N) is 2. The molecule has 8 heteroatoms. The van der Waals surface area contributed by atoms with Crippen LogP contribution in [0.4, 0.5) is 5.69 Å². The maximum atomic E-state index is 13.0. The minimum atomic E-state index is -0.227. The van der Waals surface area contributed by atoms with Crippen LogP contribution in [-0.4, -0.2) is 34.9 Å². The van der Waals surface area contributed by atoms with Crippen LogP contribution in [-0.2, 0) is 13.1 Å². The molecule has 0 saturated heterocycles. The Morgan fingerprint density at radius 3 is 2.58 bits per heavy atom. The van der Waals surface area contributed by atoms with Crippen LogP contribution in [0.1, 0.15) is 39.8 Å². The lowest BCUT2D eigenvalue weighted by Crippen LogP contribution is -2.36. The van der Waals surface area contributed by atoms with E-state index in [-0.39, 0.29) is 5.91 Å². The molecule has 2 heterocycles. The van der Waals surface area contributed by atoms with Gasteiger partial charge in [-0.1, -0.05) is 18.2 Å². The summed E-state index contributed by atoms with van der Waals surface area (Å²) >= 11 is 0. The number of anilines is 1. The highest BCUT2D eigenvalue weighted by molar-refractivity contribution is 6.10. The molecule has 0 saturated carbocycles. The fraction of sp³-hybridized carbons (Fsp3) is 0.320. The first-order chi connectivity index (χ1) is 16.0. The third-order valence-electron chi connectivity index (χ3n) is 5.65. The summed E-state index contributed by atoms with van der Waals surface area (Å²) in [5.41, 5.74) is 5.28. The molecule has 33 heavy (non-hydrogen) atoms. The molecule has 172 valence electrons. The Morgan fingerprint density at radius 2 is 1.85 bits per heavy atom. The minimum Gasteiger partial charge on any atom is -0.486 e. The molecule has 0 atom stereocenters. The van der Waals surface area contributed by atoms with E-state index in [4.69, 9.17) is 14.5 Å². The molecule has 1 aliphatic rings. The monoisotopic (exact) mass is 447 g/mol. The van der Waals surface area contributed by atoms with Gasteiger partial charge in [-0.2, -0.15) is 5.10 Å². The van der Waals surface area contributed by atoms with Crippen molar-refractivity contribution in [2.45, 2.75) is 40.8 Å². The Morgan fingerprint density at radius 1 is 1.09 bits per heavy atom. The zero-order valence-corrected chi connectivity index (χ0v) is 19.4. The standard InChI is InChI=1S/C25H29N5O3/c1-5-30-18(4)21(17(3)29-30)15-26-25(28-24(31)20-9-7-6-8-16(20)2)27-19-10-11-22-23(14-19)33-13-12-32-22/h6-11,14H,5,12-13,15H2,1-4H3,(H2,26,27,28,31). The molecule has 0 fully saturated rings. The van der Waals surface area contributed by atoms with E-state index in [1.54, 1.807) is 6.07 Å². The maximum Gasteiger partial charge on any atom is 0.258 e. The van der Waals surface area contributed by atoms with E-state index in [2.05, 4.69) is 22.7 Å². The molecule has 1 amide bonds. The number of aliphatic imine (C=N–C) groups is 1. The summed E-state index contributed by atoms with van der Waals surface area (Å²) in [6.07, 6.45) is 0. The number of nitrogens with zero attached hydrogens (tertiary/aromatic N) is 3. The summed E-state index contributed by atoms with van der Waals surface area (Å²) in [5.74, 6) is 1.48. The van der Waals surface area contributed by atoms with Gasteiger partial charge in [0.2, 0.25) is 5.96 Å². The van der Waals surface area contributed by atoms with E-state index in [0.29, 0.717) is 42.8 Å². The number of carbonyl (C=O) groups is 1. The average Bonchev–Trinajstić information content (AvgIpc) is 3.10. The highest BCUT2D eigenvalue weighted by atomic mass is 16.6. The Hall–Kier alpha value is -3.81. The van der Waals surface area contributed by atoms with Gasteiger partial charge in [0, 0.05) is 35.1 Å². The number of hydrogen-bond acceptors (Lipinski definition) is 5. The lowest BCUT2D eigenvalue weighted by Gasteiger charge is -2.19. The summed E-state index contributed by atoms with van der Waals surface area (Å²) in [4.78, 5) is 17.7. The number of rotatable bonds is 5. The van der Waals surface area contributed by atoms with Gasteiger partial charge in [-0.05, 0) is 51.5 Å². The molecule has 0 unspecified atom stereocenters. The fourth-order valence-electron chi connectivity index (χ4n) is 3.80. The number of ether oxygens (including phenoxy) is 2. The number of guanidine groups is 1. The third kappa shape index (κ3) is 5.00. The first kappa shape index (κ1) is 22.4. The predicted molar refractivity (Wildman–Crippen MR) is 128 cm³/mol. The number of hydrogen-bond donors (Lipinski definition) is 2. The minimum absolute atomic E-state index is 0.227. The molecule has 2 aromatic carbocycles. The molecule has 8 nitrogen and oxygen atoms in total. The van der Waals surface area contributed by atoms with E-state index in [1.165, 1.54) is 0 Å². The quantitative estimate of drug-likeness (QED) is 0.456. The maximum absolute atomic E-state index is 13.0. The number of aryl methyl sites for hydroxylation is 3. The summed E-state index contributed by atoms with van der Waals surface area (Å²) in [6, 6.07) is 13.0. The van der Waals surface area contributed by atoms with Gasteiger partial charge in [-0.25, -0.2) is 4.99 Å². The largest absolute Gasteiger partial charge is 0.486 e. The topological polar surface area (TPSA) is 89.8 Å². The van der Waals surface area contributed by atoms with Crippen LogP contribution in [0.3, 0.4) is 0 Å². The van der Waals surface area contributed by atoms with E-state index >= 15 is 0 Å². The van der Waals surface area contributed by atoms with Gasteiger partial charge in [-0.15, -0.1) is 0 Å². The van der Waals surface area contributed by atoms with E-state index in [9.17, 15) is 4.79 Å². The van der Waals surface area contributed by atoms with Crippen LogP contribution >= 0.6 is 0 Å². The second-order valence-corrected chi connectivity index (χ2v) is 7.88. The fourth-order valence-corrected chi connectivity index (χ4v) is 3.80. The third-order valence-corrected chi connectivity index (χ3v) is 5.65. The van der Waals surface area contributed by atoms with Crippen molar-refractivity contribution in [1.29, 1.82) is 0 Å². The smallest absolute Gasteiger partial charge is 0.258 e. The van der Waals surface area contributed by atoms with Crippen LogP contribution in [0.15, 0.2) is 47.5 Å². The highest BCUT2D eigenvalue weighted by Gasteiger charge is 2.16. The van der Waals surface area contributed by atoms with Crippen LogP contribution in [0.2, 0.25) is 0 Å². The number of amides is 1. The van der Waals surface area contributed by atoms with Crippen molar-refractivity contribution in [3.05, 3.63) is 70.5 Å². The van der Waals surface area contributed by atoms with Crippen LogP contribution in [0, 0.1) is 20.8 Å². The first-order valence-corrected chi connectivity index (χ1v) is 11.1. The van der Waals surface area contributed by atoms with Gasteiger partial charge >= 0.3 is 0 Å². The first-order valence-electron chi connectivity index (χ1n) is 11.1. The van der Waals surface area contributed by atoms with Gasteiger partial charge in [0.15, 0.2) is 11.5 Å². The lowest BCUT2D eigenvalue weighted by molar-refractivity contribution is 0.0976. The van der Waals surface area contributed by atoms with E-state index in [0.717, 1.165) is 34.7 Å². The van der Waals surface area contributed by atoms with Crippen molar-refractivity contribution in [1.82, 2.24) is 15.1 Å². The average molecular weight is 448 g/mol. The molecule has 0 spiro atoms. The molecule has 1 aromatic heterocycles. The van der Waals surface area contributed by atoms with Crippen molar-refractivity contribution in [3.63, 3.8) is 0 Å². The van der Waals surface area contributed by atoms with Gasteiger partial charge in [0.1, 0.15) is 13.2 Å². The van der Waals surface area contributed by atoms with Crippen molar-refractivity contribution in [3.8, 4) is 11.5 Å². The van der Waals surface area contributed by atoms with Gasteiger partial charge in [0.25, 0.3) is 5.91 Å². The zero-order valence-electron chi connectivity index (χ0n) is 19.4. The lowest BCUT2D eigenvalue weighted by atomic mass is 10.1. The molecule has 0 bridgehead atoms. The Kier molecular flexibility index (Phi) is 6.63. The SMILES string of the molecule is CCn1nc(C)c(CN=C(NC(=O)c2ccccc2C)Nc2ccc3c(c2)OCCO3)c1C. The molecular formula is C25H29N5O3. The molecule has 1 aliphatic heterocycles. The second kappa shape index (κ2) is 9.77. The molecule has 0 aliphatic carbocycles. The predicted octanol–water partition coefficient (Wildman–Crippen LogP) is 4.00. The summed E-state index contributed by atoms with van der Waals surface area (Å²) < 4.78 is 13.2. The van der Waals surface area contributed by atoms with Gasteiger partial charge in [-0.3, -0.25) is 14.8 Å². The number of aromatic nitrogens is 2. The molecule has 2 N–H and O–H groups in total. The number of benzene rings is 2. The van der Waals surface area contributed by atoms with Crippen molar-refractivity contribution < 1.29 is 14.3 Å². The summed E-state index contributed by atoms with van der Waals surface area (Å²) in [6.45, 7) is 10.2. The van der Waals surface area contributed by atoms with Crippen LogP contribution in [0.5, 0.6) is 11.5 Å². The van der Waals surface area contributed by atoms with Gasteiger partial charge < -0.3 is 14.8 Å². The molecule has 3 aromatic rings. The second-order valence-electron chi connectivity index (χ2n) is 7.88. The van der Waals surface area contributed by atoms with E-state index in [1.807, 2.05) is 61.9 Å². The molecule has 0 radical (unpaired) electrons. The Balaban J connectivity index is 1.61. The highest BCUT2D eigenvalue weighted by Crippen LogP contribution is 2.32. The van der Waals surface area contributed by atoms with Gasteiger partial charge in [0.05, 0.1) is 12.2 Å². The van der Waals surface area contributed by atoms with E-state index < -0.39 is 0 Å². The zero-order chi connectivity index (χ0) is 23.4. The van der Waals surface area contributed by atoms with Crippen LogP contribution in [0.25, 0.3) is 0 Å². The van der Waals surface area contributed by atoms with Crippen molar-refractivity contribution >= 4 is 17.6 Å². The van der Waals surface area contributed by atoms with Crippen LogP contribution < -0.4 is 20.1 Å². The van der Waals surface area contributed by atoms with Crippen molar-refractivity contribution in [2.24, 2.45) is 4.99 Å². The Labute approximate surface area is 193 Å². The summed E-state index contributed by atoms with van der Waals surface area (Å²) in [5, 5.41) is 10.7. The molecular weight excluding hydrogens is 418 g/mol. The van der Waals surface area contributed by atoms with Crippen molar-refractivity contribution in [2.75, 3.05) is 18.5 Å². The summed E-state index contributed by atoms with van der Waals surface area (Å²) in [7, 11) is 0. The normalized spacial score (nSPS) is 13.0. The molecule has 4 rings (SSSR count). The number of fused-ring (bicyclic) bond motifs is 1. The number of carbonyl (C=O) groups excluding carboxylic acids is 1.